The summed E-state index contributed by atoms with van der Waals surface area (Å²) in [4.78, 5) is 29.4. The van der Waals surface area contributed by atoms with Crippen LogP contribution in [0.1, 0.15) is 49.5 Å². The van der Waals surface area contributed by atoms with E-state index >= 15 is 0 Å². The van der Waals surface area contributed by atoms with E-state index in [0.29, 0.717) is 41.1 Å². The molecule has 144 valence electrons. The van der Waals surface area contributed by atoms with Gasteiger partial charge in [0.15, 0.2) is 11.6 Å². The minimum Gasteiger partial charge on any atom is -0.511 e. The van der Waals surface area contributed by atoms with Crippen LogP contribution >= 0.6 is 0 Å². The van der Waals surface area contributed by atoms with Crippen LogP contribution < -0.4 is 5.73 Å². The number of Topliss-reactive ketones (excluding diaryl/α,β-unsaturated/α-hetero) is 1. The second-order valence-corrected chi connectivity index (χ2v) is 7.92. The highest BCUT2D eigenvalue weighted by Gasteiger charge is 2.33. The van der Waals surface area contributed by atoms with Crippen molar-refractivity contribution in [3.63, 3.8) is 0 Å². The quantitative estimate of drug-likeness (QED) is 0.592. The van der Waals surface area contributed by atoms with Crippen molar-refractivity contribution in [3.05, 3.63) is 71.0 Å². The number of aliphatic hydroxyl groups excluding tert-OH is 1. The molecule has 0 saturated heterocycles. The molecule has 28 heavy (non-hydrogen) atoms. The van der Waals surface area contributed by atoms with E-state index in [0.717, 1.165) is 0 Å². The van der Waals surface area contributed by atoms with Crippen molar-refractivity contribution in [2.75, 3.05) is 5.73 Å². The fraction of sp³-hybridized carbons (Fsp3) is 0.261. The van der Waals surface area contributed by atoms with E-state index in [1.54, 1.807) is 30.3 Å². The van der Waals surface area contributed by atoms with Gasteiger partial charge in [-0.1, -0.05) is 44.2 Å². The van der Waals surface area contributed by atoms with E-state index in [4.69, 9.17) is 5.73 Å². The Kier molecular flexibility index (Phi) is 5.18. The molecule has 1 aliphatic carbocycles. The van der Waals surface area contributed by atoms with Crippen LogP contribution in [0.15, 0.2) is 64.9 Å². The Labute approximate surface area is 164 Å². The maximum atomic E-state index is 12.7. The number of hydrogen-bond acceptors (Lipinski definition) is 5. The normalized spacial score (nSPS) is 17.6. The number of nitrogen functional groups attached to an aromatic ring is 1. The van der Waals surface area contributed by atoms with Gasteiger partial charge in [-0.15, -0.1) is 0 Å². The minimum absolute atomic E-state index is 0.0533. The molecule has 1 aliphatic rings. The van der Waals surface area contributed by atoms with Gasteiger partial charge in [0.05, 0.1) is 22.7 Å². The smallest absolute Gasteiger partial charge is 0.193 e. The van der Waals surface area contributed by atoms with Crippen LogP contribution in [0.5, 0.6) is 0 Å². The van der Waals surface area contributed by atoms with Crippen molar-refractivity contribution in [1.82, 2.24) is 0 Å². The number of benzene rings is 2. The van der Waals surface area contributed by atoms with E-state index < -0.39 is 0 Å². The first-order valence-electron chi connectivity index (χ1n) is 9.18. The molecule has 5 heteroatoms. The lowest BCUT2D eigenvalue weighted by molar-refractivity contribution is -0.113. The van der Waals surface area contributed by atoms with E-state index in [2.05, 4.69) is 4.99 Å². The topological polar surface area (TPSA) is 92.7 Å². The Morgan fingerprint density at radius 3 is 2.36 bits per heavy atom. The van der Waals surface area contributed by atoms with Gasteiger partial charge in [-0.2, -0.15) is 0 Å². The Morgan fingerprint density at radius 2 is 1.71 bits per heavy atom. The number of carbonyl (C=O) groups is 2. The number of carbonyl (C=O) groups excluding carboxylic acids is 2. The standard InChI is InChI=1S/C23H24N2O3/c1-14(26)21-19(12-23(2,3)13-20(21)27)25-18-11-16(9-10-17(18)24)22(28)15-7-5-4-6-8-15/h4-11,27H,12-13,24H2,1-3H3. The van der Waals surface area contributed by atoms with Crippen LogP contribution in [-0.4, -0.2) is 22.4 Å². The highest BCUT2D eigenvalue weighted by Crippen LogP contribution is 2.38. The number of anilines is 1. The molecule has 0 unspecified atom stereocenters. The number of rotatable bonds is 4. The molecule has 0 amide bonds. The third-order valence-electron chi connectivity index (χ3n) is 4.81. The van der Waals surface area contributed by atoms with Crippen molar-refractivity contribution >= 4 is 28.7 Å². The molecule has 0 radical (unpaired) electrons. The van der Waals surface area contributed by atoms with E-state index in [-0.39, 0.29) is 28.3 Å². The molecule has 0 fully saturated rings. The van der Waals surface area contributed by atoms with Crippen LogP contribution in [0.4, 0.5) is 11.4 Å². The first kappa shape index (κ1) is 19.5. The lowest BCUT2D eigenvalue weighted by Gasteiger charge is -2.31. The zero-order valence-electron chi connectivity index (χ0n) is 16.3. The molecule has 0 spiro atoms. The molecule has 3 rings (SSSR count). The van der Waals surface area contributed by atoms with Gasteiger partial charge in [0.1, 0.15) is 5.76 Å². The number of ketones is 2. The van der Waals surface area contributed by atoms with Crippen molar-refractivity contribution in [2.45, 2.75) is 33.6 Å². The second-order valence-electron chi connectivity index (χ2n) is 7.92. The minimum atomic E-state index is -0.234. The summed E-state index contributed by atoms with van der Waals surface area (Å²) in [6.07, 6.45) is 0.950. The summed E-state index contributed by atoms with van der Waals surface area (Å²) in [5, 5.41) is 10.4. The summed E-state index contributed by atoms with van der Waals surface area (Å²) < 4.78 is 0. The van der Waals surface area contributed by atoms with Gasteiger partial charge in [-0.05, 0) is 37.0 Å². The van der Waals surface area contributed by atoms with Gasteiger partial charge in [0.2, 0.25) is 0 Å². The molecule has 0 heterocycles. The Balaban J connectivity index is 2.07. The zero-order valence-corrected chi connectivity index (χ0v) is 16.3. The monoisotopic (exact) mass is 376 g/mol. The molecular formula is C23H24N2O3. The second kappa shape index (κ2) is 7.43. The van der Waals surface area contributed by atoms with Crippen LogP contribution in [0.2, 0.25) is 0 Å². The molecule has 0 bridgehead atoms. The zero-order chi connectivity index (χ0) is 20.5. The van der Waals surface area contributed by atoms with Crippen LogP contribution in [0.25, 0.3) is 0 Å². The van der Waals surface area contributed by atoms with Crippen LogP contribution in [-0.2, 0) is 4.79 Å². The summed E-state index contributed by atoms with van der Waals surface area (Å²) in [6, 6.07) is 13.9. The molecular weight excluding hydrogens is 352 g/mol. The van der Waals surface area contributed by atoms with E-state index in [1.807, 2.05) is 32.0 Å². The first-order chi connectivity index (χ1) is 13.2. The highest BCUT2D eigenvalue weighted by molar-refractivity contribution is 6.23. The Hall–Kier alpha value is -3.21. The van der Waals surface area contributed by atoms with Crippen molar-refractivity contribution in [1.29, 1.82) is 0 Å². The molecule has 0 aliphatic heterocycles. The van der Waals surface area contributed by atoms with Crippen molar-refractivity contribution < 1.29 is 14.7 Å². The van der Waals surface area contributed by atoms with Crippen molar-refractivity contribution in [2.24, 2.45) is 10.4 Å². The third-order valence-corrected chi connectivity index (χ3v) is 4.81. The van der Waals surface area contributed by atoms with Gasteiger partial charge in [0.25, 0.3) is 0 Å². The molecule has 0 aromatic heterocycles. The van der Waals surface area contributed by atoms with E-state index in [9.17, 15) is 14.7 Å². The van der Waals surface area contributed by atoms with Crippen LogP contribution in [0, 0.1) is 5.41 Å². The third kappa shape index (κ3) is 4.03. The predicted molar refractivity (Wildman–Crippen MR) is 111 cm³/mol. The van der Waals surface area contributed by atoms with E-state index in [1.165, 1.54) is 6.92 Å². The molecule has 5 nitrogen and oxygen atoms in total. The molecule has 3 N–H and O–H groups in total. The highest BCUT2D eigenvalue weighted by atomic mass is 16.3. The fourth-order valence-corrected chi connectivity index (χ4v) is 3.50. The van der Waals surface area contributed by atoms with Crippen LogP contribution in [0.3, 0.4) is 0 Å². The van der Waals surface area contributed by atoms with Gasteiger partial charge in [0, 0.05) is 17.5 Å². The van der Waals surface area contributed by atoms with Crippen molar-refractivity contribution in [3.8, 4) is 0 Å². The summed E-state index contributed by atoms with van der Waals surface area (Å²) in [5.74, 6) is -0.310. The Bertz CT molecular complexity index is 1000. The SMILES string of the molecule is CC(=O)C1=C(O)CC(C)(C)CC1=Nc1cc(C(=O)c2ccccc2)ccc1N. The van der Waals surface area contributed by atoms with Gasteiger partial charge < -0.3 is 10.8 Å². The lowest BCUT2D eigenvalue weighted by atomic mass is 9.75. The summed E-state index contributed by atoms with van der Waals surface area (Å²) in [5.41, 5.74) is 8.47. The van der Waals surface area contributed by atoms with Gasteiger partial charge in [-0.25, -0.2) is 0 Å². The summed E-state index contributed by atoms with van der Waals surface area (Å²) in [6.45, 7) is 5.43. The maximum Gasteiger partial charge on any atom is 0.193 e. The predicted octanol–water partition coefficient (Wildman–Crippen LogP) is 4.79. The number of nitrogens with two attached hydrogens (primary N) is 1. The lowest BCUT2D eigenvalue weighted by Crippen LogP contribution is -2.28. The molecule has 2 aromatic carbocycles. The Morgan fingerprint density at radius 1 is 1.04 bits per heavy atom. The summed E-state index contributed by atoms with van der Waals surface area (Å²) in [7, 11) is 0. The average Bonchev–Trinajstić information content (AvgIpc) is 2.62. The number of allylic oxidation sites excluding steroid dienone is 2. The fourth-order valence-electron chi connectivity index (χ4n) is 3.50. The number of nitrogens with zero attached hydrogens (tertiary/aromatic N) is 1. The van der Waals surface area contributed by atoms with Gasteiger partial charge >= 0.3 is 0 Å². The number of aliphatic imine (C=N–C) groups is 1. The largest absolute Gasteiger partial charge is 0.511 e. The molecule has 0 saturated carbocycles. The average molecular weight is 376 g/mol. The number of aliphatic hydroxyl groups is 1. The molecule has 0 atom stereocenters. The first-order valence-corrected chi connectivity index (χ1v) is 9.18. The van der Waals surface area contributed by atoms with Gasteiger partial charge in [-0.3, -0.25) is 14.6 Å². The maximum absolute atomic E-state index is 12.7. The molecule has 2 aromatic rings. The number of hydrogen-bond donors (Lipinski definition) is 2. The summed E-state index contributed by atoms with van der Waals surface area (Å²) >= 11 is 0.